The number of hydrogen-bond acceptors (Lipinski definition) is 3. The highest BCUT2D eigenvalue weighted by atomic mass is 16.4. The normalized spacial score (nSPS) is 25.1. The smallest absolute Gasteiger partial charge is 0.304 e. The van der Waals surface area contributed by atoms with Crippen molar-refractivity contribution in [2.24, 2.45) is 0 Å². The number of carboxylic acids is 1. The number of piperidine rings is 1. The SMILES string of the molecule is CC(CC(=O)O)N1CCCCC1CCO. The maximum atomic E-state index is 10.6. The van der Waals surface area contributed by atoms with E-state index in [1.165, 1.54) is 6.42 Å². The predicted octanol–water partition coefficient (Wildman–Crippen LogP) is 1.09. The molecule has 4 nitrogen and oxygen atoms in total. The van der Waals surface area contributed by atoms with E-state index in [-0.39, 0.29) is 19.1 Å². The summed E-state index contributed by atoms with van der Waals surface area (Å²) in [6, 6.07) is 0.456. The Hall–Kier alpha value is -0.610. The van der Waals surface area contributed by atoms with E-state index >= 15 is 0 Å². The minimum atomic E-state index is -0.740. The number of carbonyl (C=O) groups is 1. The van der Waals surface area contributed by atoms with Gasteiger partial charge < -0.3 is 10.2 Å². The van der Waals surface area contributed by atoms with E-state index in [4.69, 9.17) is 10.2 Å². The molecule has 1 rings (SSSR count). The second-order valence-corrected chi connectivity index (χ2v) is 4.35. The molecule has 4 heteroatoms. The summed E-state index contributed by atoms with van der Waals surface area (Å²) in [6.07, 6.45) is 4.39. The lowest BCUT2D eigenvalue weighted by Gasteiger charge is -2.39. The van der Waals surface area contributed by atoms with Gasteiger partial charge in [0, 0.05) is 18.7 Å². The Morgan fingerprint density at radius 2 is 2.27 bits per heavy atom. The third kappa shape index (κ3) is 3.80. The molecule has 1 saturated heterocycles. The molecule has 0 aromatic rings. The van der Waals surface area contributed by atoms with E-state index in [9.17, 15) is 4.79 Å². The zero-order valence-corrected chi connectivity index (χ0v) is 9.35. The van der Waals surface area contributed by atoms with Gasteiger partial charge in [0.25, 0.3) is 0 Å². The highest BCUT2D eigenvalue weighted by molar-refractivity contribution is 5.67. The number of carboxylic acid groups (broad SMARTS) is 1. The maximum absolute atomic E-state index is 10.6. The van der Waals surface area contributed by atoms with E-state index in [2.05, 4.69) is 4.90 Å². The number of hydrogen-bond donors (Lipinski definition) is 2. The summed E-state index contributed by atoms with van der Waals surface area (Å²) < 4.78 is 0. The van der Waals surface area contributed by atoms with Crippen LogP contribution in [0.4, 0.5) is 0 Å². The van der Waals surface area contributed by atoms with Crippen LogP contribution in [0.5, 0.6) is 0 Å². The Labute approximate surface area is 90.9 Å². The fourth-order valence-electron chi connectivity index (χ4n) is 2.43. The Bertz CT molecular complexity index is 206. The minimum Gasteiger partial charge on any atom is -0.481 e. The van der Waals surface area contributed by atoms with Crippen molar-refractivity contribution < 1.29 is 15.0 Å². The third-order valence-corrected chi connectivity index (χ3v) is 3.17. The molecule has 1 aliphatic heterocycles. The second-order valence-electron chi connectivity index (χ2n) is 4.35. The van der Waals surface area contributed by atoms with Crippen LogP contribution in [-0.4, -0.2) is 46.3 Å². The molecule has 0 bridgehead atoms. The average molecular weight is 215 g/mol. The molecule has 1 fully saturated rings. The molecule has 15 heavy (non-hydrogen) atoms. The topological polar surface area (TPSA) is 60.8 Å². The van der Waals surface area contributed by atoms with Crippen LogP contribution in [-0.2, 0) is 4.79 Å². The summed E-state index contributed by atoms with van der Waals surface area (Å²) in [7, 11) is 0. The van der Waals surface area contributed by atoms with E-state index < -0.39 is 5.97 Å². The summed E-state index contributed by atoms with van der Waals surface area (Å²) in [5.41, 5.74) is 0. The molecule has 0 aromatic carbocycles. The predicted molar refractivity (Wildman–Crippen MR) is 57.8 cm³/mol. The van der Waals surface area contributed by atoms with Crippen molar-refractivity contribution in [3.8, 4) is 0 Å². The lowest BCUT2D eigenvalue weighted by Crippen LogP contribution is -2.46. The van der Waals surface area contributed by atoms with Gasteiger partial charge in [-0.1, -0.05) is 6.42 Å². The van der Waals surface area contributed by atoms with E-state index in [1.807, 2.05) is 6.92 Å². The summed E-state index contributed by atoms with van der Waals surface area (Å²) in [5.74, 6) is -0.740. The Morgan fingerprint density at radius 3 is 2.87 bits per heavy atom. The fourth-order valence-corrected chi connectivity index (χ4v) is 2.43. The highest BCUT2D eigenvalue weighted by Crippen LogP contribution is 2.22. The van der Waals surface area contributed by atoms with Gasteiger partial charge in [0.1, 0.15) is 0 Å². The molecule has 0 aliphatic carbocycles. The molecule has 2 unspecified atom stereocenters. The van der Waals surface area contributed by atoms with Crippen LogP contribution in [0.25, 0.3) is 0 Å². The van der Waals surface area contributed by atoms with Gasteiger partial charge in [-0.15, -0.1) is 0 Å². The van der Waals surface area contributed by atoms with Crippen LogP contribution in [0.3, 0.4) is 0 Å². The molecule has 2 N–H and O–H groups in total. The van der Waals surface area contributed by atoms with Gasteiger partial charge in [-0.05, 0) is 32.7 Å². The third-order valence-electron chi connectivity index (χ3n) is 3.17. The molecule has 88 valence electrons. The lowest BCUT2D eigenvalue weighted by atomic mass is 9.97. The number of rotatable bonds is 5. The molecule has 0 aromatic heterocycles. The number of aliphatic carboxylic acids is 1. The molecule has 0 amide bonds. The molecular weight excluding hydrogens is 194 g/mol. The van der Waals surface area contributed by atoms with Crippen molar-refractivity contribution in [3.63, 3.8) is 0 Å². The van der Waals surface area contributed by atoms with Crippen molar-refractivity contribution in [3.05, 3.63) is 0 Å². The Kier molecular flexibility index (Phi) is 5.05. The zero-order valence-electron chi connectivity index (χ0n) is 9.35. The van der Waals surface area contributed by atoms with E-state index in [0.29, 0.717) is 6.04 Å². The van der Waals surface area contributed by atoms with E-state index in [1.54, 1.807) is 0 Å². The van der Waals surface area contributed by atoms with Gasteiger partial charge in [0.05, 0.1) is 6.42 Å². The van der Waals surface area contributed by atoms with Crippen molar-refractivity contribution in [2.45, 2.75) is 51.1 Å². The number of likely N-dealkylation sites (tertiary alicyclic amines) is 1. The monoisotopic (exact) mass is 215 g/mol. The molecule has 2 atom stereocenters. The first-order valence-corrected chi connectivity index (χ1v) is 5.73. The molecule has 0 saturated carbocycles. The standard InChI is InChI=1S/C11H21NO3/c1-9(8-11(14)15)12-6-3-2-4-10(12)5-7-13/h9-10,13H,2-8H2,1H3,(H,14,15). The maximum Gasteiger partial charge on any atom is 0.304 e. The summed E-state index contributed by atoms with van der Waals surface area (Å²) >= 11 is 0. The van der Waals surface area contributed by atoms with Gasteiger partial charge in [0.2, 0.25) is 0 Å². The summed E-state index contributed by atoms with van der Waals surface area (Å²) in [5, 5.41) is 17.7. The van der Waals surface area contributed by atoms with Crippen LogP contribution in [0.15, 0.2) is 0 Å². The van der Waals surface area contributed by atoms with Gasteiger partial charge in [0.15, 0.2) is 0 Å². The quantitative estimate of drug-likeness (QED) is 0.720. The van der Waals surface area contributed by atoms with Gasteiger partial charge in [-0.25, -0.2) is 0 Å². The van der Waals surface area contributed by atoms with Gasteiger partial charge in [-0.3, -0.25) is 9.69 Å². The Balaban J connectivity index is 2.50. The van der Waals surface area contributed by atoms with Crippen LogP contribution in [0.2, 0.25) is 0 Å². The van der Waals surface area contributed by atoms with Crippen molar-refractivity contribution >= 4 is 5.97 Å². The number of aliphatic hydroxyl groups is 1. The number of nitrogens with zero attached hydrogens (tertiary/aromatic N) is 1. The molecule has 0 radical (unpaired) electrons. The first kappa shape index (κ1) is 12.5. The fraction of sp³-hybridized carbons (Fsp3) is 0.909. The van der Waals surface area contributed by atoms with Gasteiger partial charge >= 0.3 is 5.97 Å². The molecule has 1 heterocycles. The summed E-state index contributed by atoms with van der Waals surface area (Å²) in [4.78, 5) is 12.9. The zero-order chi connectivity index (χ0) is 11.3. The van der Waals surface area contributed by atoms with Crippen LogP contribution in [0, 0.1) is 0 Å². The minimum absolute atomic E-state index is 0.0827. The van der Waals surface area contributed by atoms with Crippen molar-refractivity contribution in [1.29, 1.82) is 0 Å². The summed E-state index contributed by atoms with van der Waals surface area (Å²) in [6.45, 7) is 3.13. The van der Waals surface area contributed by atoms with Crippen LogP contribution in [0.1, 0.15) is 39.0 Å². The molecule has 1 aliphatic rings. The first-order valence-electron chi connectivity index (χ1n) is 5.73. The van der Waals surface area contributed by atoms with Crippen LogP contribution < -0.4 is 0 Å². The van der Waals surface area contributed by atoms with E-state index in [0.717, 1.165) is 25.8 Å². The van der Waals surface area contributed by atoms with Crippen molar-refractivity contribution in [2.75, 3.05) is 13.2 Å². The van der Waals surface area contributed by atoms with Crippen molar-refractivity contribution in [1.82, 2.24) is 4.90 Å². The first-order chi connectivity index (χ1) is 7.15. The van der Waals surface area contributed by atoms with Gasteiger partial charge in [-0.2, -0.15) is 0 Å². The van der Waals surface area contributed by atoms with Crippen LogP contribution >= 0.6 is 0 Å². The Morgan fingerprint density at radius 1 is 1.53 bits per heavy atom. The average Bonchev–Trinajstić information content (AvgIpc) is 2.18. The molecular formula is C11H21NO3. The lowest BCUT2D eigenvalue weighted by molar-refractivity contribution is -0.138. The number of aliphatic hydroxyl groups excluding tert-OH is 1. The molecule has 0 spiro atoms. The largest absolute Gasteiger partial charge is 0.481 e. The highest BCUT2D eigenvalue weighted by Gasteiger charge is 2.26. The second kappa shape index (κ2) is 6.08.